The zero-order chi connectivity index (χ0) is 43.4. The van der Waals surface area contributed by atoms with Gasteiger partial charge in [-0.2, -0.15) is 0 Å². The highest BCUT2D eigenvalue weighted by atomic mass is 16.2. The van der Waals surface area contributed by atoms with Gasteiger partial charge in [0.1, 0.15) is 0 Å². The molecule has 316 valence electrons. The van der Waals surface area contributed by atoms with Gasteiger partial charge in [0.2, 0.25) is 0 Å². The van der Waals surface area contributed by atoms with Crippen LogP contribution in [-0.4, -0.2) is 44.6 Å². The molecule has 0 atom stereocenters. The highest BCUT2D eigenvalue weighted by Gasteiger charge is 2.16. The Kier molecular flexibility index (Phi) is 23.7. The van der Waals surface area contributed by atoms with E-state index in [-0.39, 0.29) is 23.9 Å². The summed E-state index contributed by atoms with van der Waals surface area (Å²) in [6, 6.07) is 8.74. The summed E-state index contributed by atoms with van der Waals surface area (Å²) in [5.41, 5.74) is 2.85. The van der Waals surface area contributed by atoms with Gasteiger partial charge in [-0.05, 0) is 65.2 Å². The van der Waals surface area contributed by atoms with Crippen LogP contribution < -0.4 is 17.1 Å². The summed E-state index contributed by atoms with van der Waals surface area (Å²) in [7, 11) is 0. The van der Waals surface area contributed by atoms with E-state index in [9.17, 15) is 14.4 Å². The summed E-state index contributed by atoms with van der Waals surface area (Å²) >= 11 is 0. The van der Waals surface area contributed by atoms with Gasteiger partial charge in [0, 0.05) is 19.6 Å². The fraction of sp³-hybridized carbons (Fsp3) is 0.702. The first-order chi connectivity index (χ1) is 24.8. The van der Waals surface area contributed by atoms with Gasteiger partial charge in [0.15, 0.2) is 0 Å². The monoisotopic (exact) mass is 768 g/mol. The molecular formula is C47H85N5O3. The lowest BCUT2D eigenvalue weighted by Crippen LogP contribution is -2.54. The molecule has 3 rings (SSSR count). The van der Waals surface area contributed by atoms with Crippen molar-refractivity contribution >= 4 is 6.34 Å². The molecule has 1 aromatic carbocycles. The van der Waals surface area contributed by atoms with Crippen molar-refractivity contribution in [3.63, 3.8) is 0 Å². The van der Waals surface area contributed by atoms with Gasteiger partial charge in [0.25, 0.3) is 0 Å². The number of aromatic nitrogens is 3. The standard InChI is InChI=1S/C16H25N3O3.C11H16.C10H20N2.2C5H12/c1-6-10-17-13(20)18(11-7-2)15(22)19(14(17)21)12-8-9-16(3,4)5;1-9-5-7-10(8-6-9)11(2,3)4;1-10(2,3)5-4-7-12-8-6-11-9-12;2*1-5(2,3)4/h6-7H,1-2,8-12H2,3-5H3;5-8H,1-4H3;9H,4-8H2,1-3H3;2*1-4H3. The number of nitrogens with zero attached hydrogens (tertiary/aromatic N) is 5. The maximum atomic E-state index is 12.4. The van der Waals surface area contributed by atoms with E-state index in [2.05, 4.69) is 172 Å². The summed E-state index contributed by atoms with van der Waals surface area (Å²) < 4.78 is 3.17. The quantitative estimate of drug-likeness (QED) is 0.225. The maximum Gasteiger partial charge on any atom is 0.336 e. The Hall–Kier alpha value is -3.42. The molecule has 2 aromatic rings. The molecule has 0 unspecified atom stereocenters. The molecule has 1 aliphatic heterocycles. The van der Waals surface area contributed by atoms with Crippen molar-refractivity contribution in [2.24, 2.45) is 26.7 Å². The lowest BCUT2D eigenvalue weighted by atomic mass is 9.87. The number of hydrogen-bond donors (Lipinski definition) is 0. The molecule has 8 heteroatoms. The molecule has 2 heterocycles. The summed E-state index contributed by atoms with van der Waals surface area (Å²) in [5.74, 6) is 0. The number of aliphatic imine (C=N–C) groups is 1. The van der Waals surface area contributed by atoms with Crippen LogP contribution in [0.25, 0.3) is 0 Å². The minimum Gasteiger partial charge on any atom is -0.361 e. The lowest BCUT2D eigenvalue weighted by molar-refractivity contribution is 0.336. The molecular weight excluding hydrogens is 683 g/mol. The molecule has 0 saturated heterocycles. The molecule has 1 aliphatic rings. The van der Waals surface area contributed by atoms with Gasteiger partial charge in [-0.1, -0.05) is 160 Å². The number of allylic oxidation sites excluding steroid dienone is 2. The Morgan fingerprint density at radius 2 is 0.964 bits per heavy atom. The van der Waals surface area contributed by atoms with Crippen molar-refractivity contribution in [2.75, 3.05) is 19.6 Å². The van der Waals surface area contributed by atoms with Crippen LogP contribution in [0, 0.1) is 28.6 Å². The maximum absolute atomic E-state index is 12.4. The molecule has 0 amide bonds. The van der Waals surface area contributed by atoms with Gasteiger partial charge < -0.3 is 4.90 Å². The van der Waals surface area contributed by atoms with Crippen molar-refractivity contribution in [2.45, 2.75) is 175 Å². The number of aryl methyl sites for hydroxylation is 1. The van der Waals surface area contributed by atoms with Crippen molar-refractivity contribution < 1.29 is 0 Å². The van der Waals surface area contributed by atoms with Crippen LogP contribution in [0.4, 0.5) is 0 Å². The Labute approximate surface area is 337 Å². The SMILES string of the molecule is C=CCn1c(=O)n(CC=C)c(=O)n(CCCC(C)(C)C)c1=O.CC(C)(C)C.CC(C)(C)C.CC(C)(C)CCCN1C=NCC1.Cc1ccc(C(C)(C)C)cc1. The van der Waals surface area contributed by atoms with Gasteiger partial charge in [-0.15, -0.1) is 13.2 Å². The molecule has 0 bridgehead atoms. The smallest absolute Gasteiger partial charge is 0.336 e. The highest BCUT2D eigenvalue weighted by molar-refractivity contribution is 5.56. The van der Waals surface area contributed by atoms with Crippen molar-refractivity contribution in [3.05, 3.63) is 92.2 Å². The van der Waals surface area contributed by atoms with Gasteiger partial charge >= 0.3 is 17.1 Å². The fourth-order valence-electron chi connectivity index (χ4n) is 4.66. The van der Waals surface area contributed by atoms with Crippen LogP contribution in [0.5, 0.6) is 0 Å². The first kappa shape index (κ1) is 53.7. The van der Waals surface area contributed by atoms with Crippen LogP contribution in [0.3, 0.4) is 0 Å². The topological polar surface area (TPSA) is 81.6 Å². The van der Waals surface area contributed by atoms with E-state index >= 15 is 0 Å². The van der Waals surface area contributed by atoms with Crippen LogP contribution in [0.15, 0.2) is 69.0 Å². The van der Waals surface area contributed by atoms with E-state index in [4.69, 9.17) is 0 Å². The second kappa shape index (κ2) is 24.3. The molecule has 0 saturated carbocycles. The molecule has 1 aromatic heterocycles. The average molecular weight is 768 g/mol. The van der Waals surface area contributed by atoms with E-state index in [0.717, 1.165) is 33.2 Å². The summed E-state index contributed by atoms with van der Waals surface area (Å²) in [6.07, 6.45) is 9.07. The van der Waals surface area contributed by atoms with E-state index in [1.807, 2.05) is 6.34 Å². The predicted molar refractivity (Wildman–Crippen MR) is 242 cm³/mol. The molecule has 0 spiro atoms. The van der Waals surface area contributed by atoms with Crippen LogP contribution in [-0.2, 0) is 25.0 Å². The van der Waals surface area contributed by atoms with E-state index in [1.54, 1.807) is 0 Å². The number of hydrogen-bond acceptors (Lipinski definition) is 5. The van der Waals surface area contributed by atoms with Crippen LogP contribution in [0.2, 0.25) is 0 Å². The van der Waals surface area contributed by atoms with Crippen LogP contribution in [0.1, 0.15) is 155 Å². The Morgan fingerprint density at radius 3 is 1.27 bits per heavy atom. The molecule has 0 fully saturated rings. The first-order valence-electron chi connectivity index (χ1n) is 20.3. The van der Waals surface area contributed by atoms with Crippen molar-refractivity contribution in [1.82, 2.24) is 18.6 Å². The largest absolute Gasteiger partial charge is 0.361 e. The minimum atomic E-state index is -0.623. The second-order valence-corrected chi connectivity index (χ2v) is 21.3. The second-order valence-electron chi connectivity index (χ2n) is 21.3. The Morgan fingerprint density at radius 1 is 0.600 bits per heavy atom. The number of benzene rings is 1. The van der Waals surface area contributed by atoms with E-state index < -0.39 is 17.1 Å². The van der Waals surface area contributed by atoms with Crippen molar-refractivity contribution in [3.8, 4) is 0 Å². The van der Waals surface area contributed by atoms with E-state index in [0.29, 0.717) is 29.2 Å². The summed E-state index contributed by atoms with van der Waals surface area (Å²) in [4.78, 5) is 43.4. The number of rotatable bonds is 10. The third-order valence-corrected chi connectivity index (χ3v) is 7.37. The predicted octanol–water partition coefficient (Wildman–Crippen LogP) is 10.9. The molecule has 0 N–H and O–H groups in total. The molecule has 0 aliphatic carbocycles. The highest BCUT2D eigenvalue weighted by Crippen LogP contribution is 2.22. The average Bonchev–Trinajstić information content (AvgIpc) is 3.50. The summed E-state index contributed by atoms with van der Waals surface area (Å²) in [5, 5.41) is 0. The van der Waals surface area contributed by atoms with Crippen molar-refractivity contribution in [1.29, 1.82) is 0 Å². The molecule has 0 radical (unpaired) electrons. The third kappa shape index (κ3) is 29.5. The van der Waals surface area contributed by atoms with Crippen LogP contribution >= 0.6 is 0 Å². The Bertz CT molecular complexity index is 1520. The zero-order valence-corrected chi connectivity index (χ0v) is 39.0. The zero-order valence-electron chi connectivity index (χ0n) is 39.0. The third-order valence-electron chi connectivity index (χ3n) is 7.37. The minimum absolute atomic E-state index is 0.0777. The summed E-state index contributed by atoms with van der Waals surface area (Å²) in [6.45, 7) is 50.4. The van der Waals surface area contributed by atoms with Gasteiger partial charge in [-0.3, -0.25) is 4.99 Å². The first-order valence-corrected chi connectivity index (χ1v) is 20.3. The Balaban J connectivity index is 0. The van der Waals surface area contributed by atoms with Gasteiger partial charge in [-0.25, -0.2) is 28.1 Å². The molecule has 8 nitrogen and oxygen atoms in total. The van der Waals surface area contributed by atoms with Gasteiger partial charge in [0.05, 0.1) is 26.0 Å². The fourth-order valence-corrected chi connectivity index (χ4v) is 4.66. The molecule has 55 heavy (non-hydrogen) atoms. The normalized spacial score (nSPS) is 12.9. The lowest BCUT2D eigenvalue weighted by Gasteiger charge is -2.20. The van der Waals surface area contributed by atoms with E-state index in [1.165, 1.54) is 42.7 Å².